The number of halogens is 7. The van der Waals surface area contributed by atoms with E-state index < -0.39 is 59.4 Å². The van der Waals surface area contributed by atoms with Gasteiger partial charge >= 0.3 is 12.4 Å². The van der Waals surface area contributed by atoms with E-state index in [4.69, 9.17) is 10.5 Å². The number of carbonyl (C=O) groups excluding carboxylic acids is 2. The predicted molar refractivity (Wildman–Crippen MR) is 146 cm³/mol. The number of benzene rings is 2. The first-order valence-corrected chi connectivity index (χ1v) is 14.5. The van der Waals surface area contributed by atoms with Gasteiger partial charge in [0.25, 0.3) is 0 Å². The van der Waals surface area contributed by atoms with Gasteiger partial charge in [-0.1, -0.05) is 12.1 Å². The molecule has 13 heteroatoms. The number of likely N-dealkylation sites (tertiary alicyclic amines) is 1. The van der Waals surface area contributed by atoms with E-state index in [1.165, 1.54) is 31.2 Å². The number of carbonyl (C=O) groups is 2. The zero-order chi connectivity index (χ0) is 32.2. The van der Waals surface area contributed by atoms with E-state index in [2.05, 4.69) is 0 Å². The molecule has 2 aromatic rings. The van der Waals surface area contributed by atoms with Crippen LogP contribution in [0.1, 0.15) is 73.8 Å². The van der Waals surface area contributed by atoms with E-state index in [0.29, 0.717) is 43.6 Å². The molecular weight excluding hydrogens is 595 g/mol. The first kappa shape index (κ1) is 32.2. The number of nitrogens with zero attached hydrogens (tertiary/aromatic N) is 2. The van der Waals surface area contributed by atoms with Gasteiger partial charge in [0.2, 0.25) is 11.8 Å². The molecule has 0 saturated carbocycles. The highest BCUT2D eigenvalue weighted by molar-refractivity contribution is 5.88. The van der Waals surface area contributed by atoms with Gasteiger partial charge in [0.15, 0.2) is 0 Å². The zero-order valence-corrected chi connectivity index (χ0v) is 24.2. The number of alkyl halides is 6. The van der Waals surface area contributed by atoms with Gasteiger partial charge in [0.05, 0.1) is 23.3 Å². The summed E-state index contributed by atoms with van der Waals surface area (Å²) in [6.45, 7) is 4.22. The van der Waals surface area contributed by atoms with E-state index in [-0.39, 0.29) is 48.4 Å². The van der Waals surface area contributed by atoms with Crippen molar-refractivity contribution in [3.05, 3.63) is 70.5 Å². The van der Waals surface area contributed by atoms with Gasteiger partial charge in [-0.25, -0.2) is 4.39 Å². The van der Waals surface area contributed by atoms with E-state index in [1.807, 2.05) is 6.92 Å². The van der Waals surface area contributed by atoms with Crippen molar-refractivity contribution in [2.75, 3.05) is 19.6 Å². The van der Waals surface area contributed by atoms with Crippen molar-refractivity contribution in [2.45, 2.75) is 81.6 Å². The van der Waals surface area contributed by atoms with Crippen molar-refractivity contribution in [2.24, 2.45) is 11.7 Å². The summed E-state index contributed by atoms with van der Waals surface area (Å²) in [6, 6.07) is 6.24. The molecule has 0 bridgehead atoms. The van der Waals surface area contributed by atoms with Crippen LogP contribution in [0.3, 0.4) is 0 Å². The Bertz CT molecular complexity index is 1350. The Balaban J connectivity index is 1.43. The lowest BCUT2D eigenvalue weighted by Crippen LogP contribution is -2.53. The highest BCUT2D eigenvalue weighted by atomic mass is 19.4. The maximum Gasteiger partial charge on any atom is 0.416 e. The smallest absolute Gasteiger partial charge is 0.368 e. The molecule has 2 N–H and O–H groups in total. The molecule has 0 aliphatic carbocycles. The lowest BCUT2D eigenvalue weighted by Gasteiger charge is -2.41. The Morgan fingerprint density at radius 1 is 1.00 bits per heavy atom. The van der Waals surface area contributed by atoms with Crippen LogP contribution in [0.25, 0.3) is 0 Å². The zero-order valence-electron chi connectivity index (χ0n) is 24.2. The third kappa shape index (κ3) is 6.73. The number of hydrogen-bond donors (Lipinski definition) is 1. The maximum absolute atomic E-state index is 13.9. The largest absolute Gasteiger partial charge is 0.416 e. The van der Waals surface area contributed by atoms with Gasteiger partial charge in [-0.05, 0) is 74.6 Å². The van der Waals surface area contributed by atoms with Gasteiger partial charge < -0.3 is 20.3 Å². The van der Waals surface area contributed by atoms with Gasteiger partial charge in [-0.3, -0.25) is 9.59 Å². The molecule has 5 rings (SSSR count). The number of piperidine rings is 2. The number of fused-ring (bicyclic) bond motifs is 1. The molecule has 3 heterocycles. The van der Waals surface area contributed by atoms with Crippen LogP contribution < -0.4 is 5.73 Å². The maximum atomic E-state index is 13.9. The summed E-state index contributed by atoms with van der Waals surface area (Å²) in [5.74, 6) is -2.21. The quantitative estimate of drug-likeness (QED) is 0.409. The molecule has 240 valence electrons. The molecule has 0 aromatic heterocycles. The molecule has 2 amide bonds. The summed E-state index contributed by atoms with van der Waals surface area (Å²) in [5, 5.41) is 0. The monoisotopic (exact) mass is 629 g/mol. The molecule has 44 heavy (non-hydrogen) atoms. The molecule has 3 fully saturated rings. The van der Waals surface area contributed by atoms with Crippen LogP contribution in [0, 0.1) is 11.7 Å². The summed E-state index contributed by atoms with van der Waals surface area (Å²) >= 11 is 0. The lowest BCUT2D eigenvalue weighted by molar-refractivity contribution is -0.147. The first-order chi connectivity index (χ1) is 20.4. The van der Waals surface area contributed by atoms with Crippen LogP contribution in [0.5, 0.6) is 0 Å². The summed E-state index contributed by atoms with van der Waals surface area (Å²) in [6.07, 6.45) is -10.6. The Morgan fingerprint density at radius 2 is 1.57 bits per heavy atom. The molecule has 3 aliphatic heterocycles. The average Bonchev–Trinajstić information content (AvgIpc) is 3.30. The van der Waals surface area contributed by atoms with E-state index in [9.17, 15) is 40.3 Å². The molecular formula is C31H34F7N3O3. The van der Waals surface area contributed by atoms with Crippen LogP contribution in [-0.2, 0) is 26.7 Å². The summed E-state index contributed by atoms with van der Waals surface area (Å²) in [5.41, 5.74) is 3.17. The van der Waals surface area contributed by atoms with Crippen molar-refractivity contribution in [1.82, 2.24) is 9.80 Å². The molecule has 3 aliphatic rings. The average molecular weight is 630 g/mol. The topological polar surface area (TPSA) is 75.9 Å². The Morgan fingerprint density at radius 3 is 2.11 bits per heavy atom. The first-order valence-electron chi connectivity index (χ1n) is 14.5. The normalized spacial score (nSPS) is 26.5. The Kier molecular flexibility index (Phi) is 8.51. The van der Waals surface area contributed by atoms with Crippen molar-refractivity contribution >= 4 is 11.8 Å². The van der Waals surface area contributed by atoms with Gasteiger partial charge in [0, 0.05) is 49.5 Å². The van der Waals surface area contributed by atoms with Crippen molar-refractivity contribution < 1.29 is 45.1 Å². The van der Waals surface area contributed by atoms with E-state index in [0.717, 1.165) is 0 Å². The number of nitrogens with two attached hydrogens (primary N) is 1. The highest BCUT2D eigenvalue weighted by Gasteiger charge is 2.51. The third-order valence-corrected chi connectivity index (χ3v) is 9.14. The van der Waals surface area contributed by atoms with E-state index >= 15 is 0 Å². The predicted octanol–water partition coefficient (Wildman–Crippen LogP) is 6.05. The van der Waals surface area contributed by atoms with Crippen molar-refractivity contribution in [3.63, 3.8) is 0 Å². The molecule has 3 saturated heterocycles. The van der Waals surface area contributed by atoms with Crippen molar-refractivity contribution in [1.29, 1.82) is 0 Å². The lowest BCUT2D eigenvalue weighted by atomic mass is 9.80. The number of hydrogen-bond acceptors (Lipinski definition) is 4. The van der Waals surface area contributed by atoms with E-state index in [1.54, 1.807) is 9.80 Å². The minimum atomic E-state index is -5.02. The van der Waals surface area contributed by atoms with Gasteiger partial charge in [-0.15, -0.1) is 0 Å². The minimum absolute atomic E-state index is 0.0110. The highest BCUT2D eigenvalue weighted by Crippen LogP contribution is 2.45. The fourth-order valence-electron chi connectivity index (χ4n) is 6.64. The summed E-state index contributed by atoms with van der Waals surface area (Å²) in [4.78, 5) is 30.2. The number of rotatable bonds is 5. The Labute approximate surface area is 250 Å². The Hall–Kier alpha value is -3.19. The van der Waals surface area contributed by atoms with Crippen LogP contribution in [0.2, 0.25) is 0 Å². The second-order valence-electron chi connectivity index (χ2n) is 12.5. The molecule has 5 atom stereocenters. The van der Waals surface area contributed by atoms with Crippen molar-refractivity contribution in [3.8, 4) is 0 Å². The van der Waals surface area contributed by atoms with Crippen LogP contribution in [-0.4, -0.2) is 58.9 Å². The second-order valence-corrected chi connectivity index (χ2v) is 12.5. The van der Waals surface area contributed by atoms with Gasteiger partial charge in [0.1, 0.15) is 5.82 Å². The van der Waals surface area contributed by atoms with Gasteiger partial charge in [-0.2, -0.15) is 26.3 Å². The summed E-state index contributed by atoms with van der Waals surface area (Å²) < 4.78 is 101. The number of ether oxygens (including phenoxy) is 1. The second kappa shape index (κ2) is 11.6. The third-order valence-electron chi connectivity index (χ3n) is 9.14. The molecule has 6 nitrogen and oxygen atoms in total. The SMILES string of the molecule is C[C@@H](O[C@H]1CN2C(=O)CC(C(=O)N3CCC(C)(N)CC3)C[C@H]2[C@@H]1c1ccc(F)cc1)c1cc(C(F)(F)F)cc(C(F)(F)F)c1. The van der Waals surface area contributed by atoms with Crippen LogP contribution >= 0.6 is 0 Å². The molecule has 0 spiro atoms. The van der Waals surface area contributed by atoms with Crippen LogP contribution in [0.15, 0.2) is 42.5 Å². The standard InChI is InChI=1S/C31H34F7N3O3/c1-17(19-11-21(30(33,34)35)15-22(12-19)31(36,37)38)44-25-16-41-24(27(25)18-3-5-23(32)6-4-18)13-20(14-26(41)42)28(43)40-9-7-29(2,39)8-10-40/h3-6,11-12,15,17,20,24-25,27H,7-10,13-14,16,39H2,1-2H3/t17-,20?,24+,25+,27+/m1/s1. The fourth-order valence-corrected chi connectivity index (χ4v) is 6.64. The minimum Gasteiger partial charge on any atom is -0.368 e. The number of amides is 2. The summed E-state index contributed by atoms with van der Waals surface area (Å²) in [7, 11) is 0. The molecule has 2 aromatic carbocycles. The molecule has 1 unspecified atom stereocenters. The fraction of sp³-hybridized carbons (Fsp3) is 0.548. The molecule has 0 radical (unpaired) electrons. The van der Waals surface area contributed by atoms with Crippen LogP contribution in [0.4, 0.5) is 30.7 Å².